The molecule has 2 aliphatic rings. The highest BCUT2D eigenvalue weighted by atomic mass is 16.5. The highest BCUT2D eigenvalue weighted by Crippen LogP contribution is 2.33. The Morgan fingerprint density at radius 1 is 1.28 bits per heavy atom. The highest BCUT2D eigenvalue weighted by molar-refractivity contribution is 5.69. The third-order valence-corrected chi connectivity index (χ3v) is 3.60. The number of aliphatic hydroxyl groups is 1. The zero-order valence-electron chi connectivity index (χ0n) is 11.3. The van der Waals surface area contributed by atoms with Crippen molar-refractivity contribution in [1.82, 2.24) is 4.90 Å². The molecule has 0 amide bonds. The summed E-state index contributed by atoms with van der Waals surface area (Å²) in [5.74, 6) is 1.37. The first-order valence-corrected chi connectivity index (χ1v) is 7.23. The van der Waals surface area contributed by atoms with E-state index in [1.165, 1.54) is 25.7 Å². The van der Waals surface area contributed by atoms with Crippen LogP contribution in [0.4, 0.5) is 0 Å². The van der Waals surface area contributed by atoms with Crippen molar-refractivity contribution in [3.05, 3.63) is 0 Å². The van der Waals surface area contributed by atoms with Crippen LogP contribution in [0, 0.1) is 11.8 Å². The Hall–Kier alpha value is -0.610. The average Bonchev–Trinajstić information content (AvgIpc) is 3.13. The molecule has 4 nitrogen and oxygen atoms in total. The van der Waals surface area contributed by atoms with E-state index in [9.17, 15) is 9.90 Å². The zero-order valence-corrected chi connectivity index (χ0v) is 11.3. The second-order valence-corrected chi connectivity index (χ2v) is 5.77. The molecule has 0 aromatic carbocycles. The molecule has 2 fully saturated rings. The molecule has 2 saturated carbocycles. The fourth-order valence-electron chi connectivity index (χ4n) is 2.33. The first-order valence-electron chi connectivity index (χ1n) is 7.23. The van der Waals surface area contributed by atoms with Crippen LogP contribution >= 0.6 is 0 Å². The first kappa shape index (κ1) is 13.8. The van der Waals surface area contributed by atoms with Crippen LogP contribution in [0.25, 0.3) is 0 Å². The molecule has 1 N–H and O–H groups in total. The Morgan fingerprint density at radius 2 is 1.83 bits per heavy atom. The molecule has 0 heterocycles. The molecule has 0 saturated heterocycles. The van der Waals surface area contributed by atoms with Crippen molar-refractivity contribution < 1.29 is 14.6 Å². The van der Waals surface area contributed by atoms with Crippen LogP contribution < -0.4 is 0 Å². The lowest BCUT2D eigenvalue weighted by Gasteiger charge is -2.24. The largest absolute Gasteiger partial charge is 0.466 e. The Labute approximate surface area is 109 Å². The molecule has 2 aliphatic carbocycles. The Balaban J connectivity index is 1.69. The molecule has 0 aromatic rings. The lowest BCUT2D eigenvalue weighted by Crippen LogP contribution is -2.36. The number of hydrogen-bond donors (Lipinski definition) is 1. The second kappa shape index (κ2) is 6.53. The van der Waals surface area contributed by atoms with Gasteiger partial charge in [0.15, 0.2) is 0 Å². The van der Waals surface area contributed by atoms with Crippen LogP contribution in [0.5, 0.6) is 0 Å². The van der Waals surface area contributed by atoms with E-state index >= 15 is 0 Å². The van der Waals surface area contributed by atoms with Gasteiger partial charge < -0.3 is 14.7 Å². The van der Waals surface area contributed by atoms with Crippen molar-refractivity contribution in [2.45, 2.75) is 45.1 Å². The summed E-state index contributed by atoms with van der Waals surface area (Å²) in [5, 5.41) is 9.94. The van der Waals surface area contributed by atoms with Crippen LogP contribution in [-0.2, 0) is 9.53 Å². The van der Waals surface area contributed by atoms with Gasteiger partial charge in [-0.2, -0.15) is 0 Å². The molecule has 0 aliphatic heterocycles. The molecule has 0 aromatic heterocycles. The summed E-state index contributed by atoms with van der Waals surface area (Å²) in [6, 6.07) is 0. The minimum absolute atomic E-state index is 0.125. The molecule has 104 valence electrons. The molecule has 0 radical (unpaired) electrons. The zero-order chi connectivity index (χ0) is 13.0. The molecule has 2 rings (SSSR count). The van der Waals surface area contributed by atoms with Crippen molar-refractivity contribution in [2.75, 3.05) is 26.2 Å². The maximum absolute atomic E-state index is 11.3. The van der Waals surface area contributed by atoms with Gasteiger partial charge >= 0.3 is 5.97 Å². The third kappa shape index (κ3) is 5.36. The molecule has 1 unspecified atom stereocenters. The van der Waals surface area contributed by atoms with Gasteiger partial charge in [-0.1, -0.05) is 0 Å². The Bertz CT molecular complexity index is 260. The number of rotatable bonds is 9. The van der Waals surface area contributed by atoms with E-state index in [0.29, 0.717) is 13.2 Å². The van der Waals surface area contributed by atoms with Crippen molar-refractivity contribution in [3.8, 4) is 0 Å². The van der Waals surface area contributed by atoms with Crippen LogP contribution in [0.1, 0.15) is 39.0 Å². The van der Waals surface area contributed by atoms with E-state index in [-0.39, 0.29) is 12.4 Å². The van der Waals surface area contributed by atoms with E-state index < -0.39 is 6.10 Å². The summed E-state index contributed by atoms with van der Waals surface area (Å²) >= 11 is 0. The van der Waals surface area contributed by atoms with E-state index in [2.05, 4.69) is 4.90 Å². The van der Waals surface area contributed by atoms with Crippen molar-refractivity contribution in [2.24, 2.45) is 11.8 Å². The minimum Gasteiger partial charge on any atom is -0.466 e. The van der Waals surface area contributed by atoms with Gasteiger partial charge in [-0.3, -0.25) is 4.79 Å². The summed E-state index contributed by atoms with van der Waals surface area (Å²) < 4.78 is 4.86. The number of carbonyl (C=O) groups excluding carboxylic acids is 1. The monoisotopic (exact) mass is 255 g/mol. The topological polar surface area (TPSA) is 49.8 Å². The molecule has 4 heteroatoms. The average molecular weight is 255 g/mol. The van der Waals surface area contributed by atoms with Gasteiger partial charge in [0.25, 0.3) is 0 Å². The van der Waals surface area contributed by atoms with Gasteiger partial charge in [0.2, 0.25) is 0 Å². The van der Waals surface area contributed by atoms with E-state index in [0.717, 1.165) is 24.9 Å². The smallest absolute Gasteiger partial charge is 0.308 e. The number of nitrogens with zero attached hydrogens (tertiary/aromatic N) is 1. The molecule has 0 bridgehead atoms. The minimum atomic E-state index is -0.582. The Kier molecular flexibility index (Phi) is 5.01. The number of carbonyl (C=O) groups is 1. The first-order chi connectivity index (χ1) is 8.67. The lowest BCUT2D eigenvalue weighted by atomic mass is 10.2. The van der Waals surface area contributed by atoms with Gasteiger partial charge in [0, 0.05) is 19.6 Å². The van der Waals surface area contributed by atoms with Crippen LogP contribution in [-0.4, -0.2) is 48.3 Å². The predicted octanol–water partition coefficient (Wildman–Crippen LogP) is 1.42. The molecule has 0 spiro atoms. The molecular weight excluding hydrogens is 230 g/mol. The number of hydrogen-bond acceptors (Lipinski definition) is 4. The third-order valence-electron chi connectivity index (χ3n) is 3.60. The quantitative estimate of drug-likeness (QED) is 0.633. The van der Waals surface area contributed by atoms with Crippen molar-refractivity contribution in [3.63, 3.8) is 0 Å². The fourth-order valence-corrected chi connectivity index (χ4v) is 2.33. The van der Waals surface area contributed by atoms with Gasteiger partial charge in [-0.15, -0.1) is 0 Å². The van der Waals surface area contributed by atoms with Crippen LogP contribution in [0.15, 0.2) is 0 Å². The number of aliphatic hydroxyl groups excluding tert-OH is 1. The standard InChI is InChI=1S/C14H25NO3/c1-2-18-14(17)7-13(16)10-15(8-11-3-4-11)9-12-5-6-12/h11-13,16H,2-10H2,1H3. The maximum atomic E-state index is 11.3. The lowest BCUT2D eigenvalue weighted by molar-refractivity contribution is -0.145. The maximum Gasteiger partial charge on any atom is 0.308 e. The van der Waals surface area contributed by atoms with Crippen LogP contribution in [0.3, 0.4) is 0 Å². The predicted molar refractivity (Wildman–Crippen MR) is 69.1 cm³/mol. The van der Waals surface area contributed by atoms with Gasteiger partial charge in [-0.05, 0) is 44.4 Å². The SMILES string of the molecule is CCOC(=O)CC(O)CN(CC1CC1)CC1CC1. The van der Waals surface area contributed by atoms with E-state index in [4.69, 9.17) is 4.74 Å². The summed E-state index contributed by atoms with van der Waals surface area (Å²) in [6.07, 6.45) is 4.86. The second-order valence-electron chi connectivity index (χ2n) is 5.77. The summed E-state index contributed by atoms with van der Waals surface area (Å²) in [4.78, 5) is 13.6. The summed E-state index contributed by atoms with van der Waals surface area (Å²) in [7, 11) is 0. The fraction of sp³-hybridized carbons (Fsp3) is 0.929. The highest BCUT2D eigenvalue weighted by Gasteiger charge is 2.30. The number of ether oxygens (including phenoxy) is 1. The van der Waals surface area contributed by atoms with Crippen molar-refractivity contribution >= 4 is 5.97 Å². The van der Waals surface area contributed by atoms with Crippen molar-refractivity contribution in [1.29, 1.82) is 0 Å². The van der Waals surface area contributed by atoms with E-state index in [1.54, 1.807) is 6.92 Å². The molecule has 18 heavy (non-hydrogen) atoms. The summed E-state index contributed by atoms with van der Waals surface area (Å²) in [6.45, 7) is 4.98. The van der Waals surface area contributed by atoms with E-state index in [1.807, 2.05) is 0 Å². The Morgan fingerprint density at radius 3 is 2.28 bits per heavy atom. The summed E-state index contributed by atoms with van der Waals surface area (Å²) in [5.41, 5.74) is 0. The van der Waals surface area contributed by atoms with Gasteiger partial charge in [0.05, 0.1) is 19.1 Å². The van der Waals surface area contributed by atoms with Crippen LogP contribution in [0.2, 0.25) is 0 Å². The van der Waals surface area contributed by atoms with Gasteiger partial charge in [-0.25, -0.2) is 0 Å². The molecular formula is C14H25NO3. The normalized spacial score (nSPS) is 21.1. The molecule has 1 atom stereocenters. The number of esters is 1. The van der Waals surface area contributed by atoms with Gasteiger partial charge in [0.1, 0.15) is 0 Å².